The average Bonchev–Trinajstić information content (AvgIpc) is 2.75. The fraction of sp³-hybridized carbons (Fsp3) is 0.826. The molecule has 0 aromatic rings. The lowest BCUT2D eigenvalue weighted by Gasteiger charge is -2.26. The molecule has 0 saturated carbocycles. The van der Waals surface area contributed by atoms with Crippen LogP contribution in [0.15, 0.2) is 0 Å². The average molecular weight is 503 g/mol. The van der Waals surface area contributed by atoms with Crippen LogP contribution in [0.3, 0.4) is 0 Å². The Balaban J connectivity index is 3.76. The molecule has 0 spiro atoms. The molecule has 0 saturated heterocycles. The zero-order chi connectivity index (χ0) is 26.7. The van der Waals surface area contributed by atoms with Crippen molar-refractivity contribution in [2.24, 2.45) is 0 Å². The van der Waals surface area contributed by atoms with Gasteiger partial charge in [0.05, 0.1) is 13.1 Å². The van der Waals surface area contributed by atoms with E-state index >= 15 is 0 Å². The van der Waals surface area contributed by atoms with Crippen LogP contribution >= 0.6 is 0 Å². The van der Waals surface area contributed by atoms with Gasteiger partial charge in [-0.3, -0.25) is 19.2 Å². The predicted octanol–water partition coefficient (Wildman–Crippen LogP) is -0.398. The molecule has 35 heavy (non-hydrogen) atoms. The van der Waals surface area contributed by atoms with Crippen LogP contribution in [0.1, 0.15) is 66.2 Å². The SMILES string of the molecule is CC(C)(CCC(=O)O)NCCNCCC(=O)NCNC(=O)CCC(C)(C)NCCNCCC(=O)O. The van der Waals surface area contributed by atoms with Crippen molar-refractivity contribution in [1.29, 1.82) is 0 Å². The van der Waals surface area contributed by atoms with E-state index in [1.54, 1.807) is 0 Å². The van der Waals surface area contributed by atoms with E-state index in [4.69, 9.17) is 10.2 Å². The molecule has 12 heteroatoms. The third kappa shape index (κ3) is 22.0. The van der Waals surface area contributed by atoms with E-state index in [1.807, 2.05) is 27.7 Å². The maximum Gasteiger partial charge on any atom is 0.304 e. The van der Waals surface area contributed by atoms with Crippen molar-refractivity contribution in [2.45, 2.75) is 77.3 Å². The molecule has 0 bridgehead atoms. The Morgan fingerprint density at radius 3 is 1.49 bits per heavy atom. The highest BCUT2D eigenvalue weighted by atomic mass is 16.4. The molecule has 0 aliphatic heterocycles. The second kappa shape index (κ2) is 18.1. The number of rotatable bonds is 22. The van der Waals surface area contributed by atoms with Crippen LogP contribution in [0.25, 0.3) is 0 Å². The molecule has 8 N–H and O–H groups in total. The van der Waals surface area contributed by atoms with Crippen molar-refractivity contribution in [3.8, 4) is 0 Å². The normalized spacial score (nSPS) is 11.8. The minimum absolute atomic E-state index is 0.0817. The van der Waals surface area contributed by atoms with Gasteiger partial charge in [0.2, 0.25) is 11.8 Å². The third-order valence-corrected chi connectivity index (χ3v) is 5.37. The Labute approximate surface area is 208 Å². The Morgan fingerprint density at radius 2 is 1.00 bits per heavy atom. The van der Waals surface area contributed by atoms with Crippen molar-refractivity contribution in [1.82, 2.24) is 31.9 Å². The van der Waals surface area contributed by atoms with Gasteiger partial charge < -0.3 is 42.1 Å². The summed E-state index contributed by atoms with van der Waals surface area (Å²) in [6, 6.07) is 0. The summed E-state index contributed by atoms with van der Waals surface area (Å²) in [5.74, 6) is -1.94. The van der Waals surface area contributed by atoms with E-state index in [-0.39, 0.29) is 48.8 Å². The minimum atomic E-state index is -0.829. The topological polar surface area (TPSA) is 181 Å². The molecule has 0 fully saturated rings. The highest BCUT2D eigenvalue weighted by molar-refractivity contribution is 5.78. The third-order valence-electron chi connectivity index (χ3n) is 5.37. The van der Waals surface area contributed by atoms with Gasteiger partial charge in [-0.15, -0.1) is 0 Å². The molecule has 0 rings (SSSR count). The summed E-state index contributed by atoms with van der Waals surface area (Å²) in [5.41, 5.74) is -0.511. The molecular formula is C23H46N6O6. The monoisotopic (exact) mass is 502 g/mol. The van der Waals surface area contributed by atoms with Crippen molar-refractivity contribution < 1.29 is 29.4 Å². The van der Waals surface area contributed by atoms with Crippen LogP contribution in [0.4, 0.5) is 0 Å². The van der Waals surface area contributed by atoms with Crippen LogP contribution in [-0.4, -0.2) is 91.0 Å². The molecule has 2 amide bonds. The summed E-state index contributed by atoms with van der Waals surface area (Å²) in [6.45, 7) is 11.5. The first-order chi connectivity index (χ1) is 16.3. The van der Waals surface area contributed by atoms with Crippen LogP contribution in [0.2, 0.25) is 0 Å². The van der Waals surface area contributed by atoms with Crippen molar-refractivity contribution >= 4 is 23.8 Å². The number of nitrogens with one attached hydrogen (secondary N) is 6. The molecule has 0 heterocycles. The number of aliphatic carboxylic acids is 2. The van der Waals surface area contributed by atoms with Crippen LogP contribution in [0.5, 0.6) is 0 Å². The Hall–Kier alpha value is -2.28. The number of carboxylic acids is 2. The highest BCUT2D eigenvalue weighted by Gasteiger charge is 2.19. The van der Waals surface area contributed by atoms with Gasteiger partial charge in [-0.05, 0) is 40.5 Å². The summed E-state index contributed by atoms with van der Waals surface area (Å²) in [6.07, 6.45) is 1.97. The highest BCUT2D eigenvalue weighted by Crippen LogP contribution is 2.11. The van der Waals surface area contributed by atoms with Gasteiger partial charge in [-0.2, -0.15) is 0 Å². The van der Waals surface area contributed by atoms with E-state index in [0.29, 0.717) is 58.5 Å². The fourth-order valence-corrected chi connectivity index (χ4v) is 3.07. The van der Waals surface area contributed by atoms with Crippen molar-refractivity contribution in [3.05, 3.63) is 0 Å². The van der Waals surface area contributed by atoms with E-state index in [2.05, 4.69) is 31.9 Å². The predicted molar refractivity (Wildman–Crippen MR) is 134 cm³/mol. The summed E-state index contributed by atoms with van der Waals surface area (Å²) < 4.78 is 0. The van der Waals surface area contributed by atoms with E-state index in [9.17, 15) is 19.2 Å². The number of carboxylic acid groups (broad SMARTS) is 2. The number of carbonyl (C=O) groups is 4. The smallest absolute Gasteiger partial charge is 0.304 e. The lowest BCUT2D eigenvalue weighted by atomic mass is 9.98. The van der Waals surface area contributed by atoms with Crippen molar-refractivity contribution in [3.63, 3.8) is 0 Å². The van der Waals surface area contributed by atoms with Gasteiger partial charge in [-0.25, -0.2) is 0 Å². The number of amides is 2. The molecule has 12 nitrogen and oxygen atoms in total. The van der Waals surface area contributed by atoms with Gasteiger partial charge in [0.15, 0.2) is 0 Å². The molecule has 0 aliphatic carbocycles. The maximum atomic E-state index is 12.0. The summed E-state index contributed by atoms with van der Waals surface area (Å²) in [4.78, 5) is 45.1. The summed E-state index contributed by atoms with van der Waals surface area (Å²) in [5, 5.41) is 35.5. The quantitative estimate of drug-likeness (QED) is 0.0717. The molecule has 0 atom stereocenters. The van der Waals surface area contributed by atoms with E-state index < -0.39 is 11.9 Å². The largest absolute Gasteiger partial charge is 0.481 e. The second-order valence-corrected chi connectivity index (χ2v) is 9.79. The van der Waals surface area contributed by atoms with Gasteiger partial charge in [0.1, 0.15) is 0 Å². The molecule has 0 radical (unpaired) electrons. The first kappa shape index (κ1) is 32.7. The fourth-order valence-electron chi connectivity index (χ4n) is 3.07. The summed E-state index contributed by atoms with van der Waals surface area (Å²) in [7, 11) is 0. The maximum absolute atomic E-state index is 12.0. The van der Waals surface area contributed by atoms with E-state index in [0.717, 1.165) is 0 Å². The second-order valence-electron chi connectivity index (χ2n) is 9.79. The van der Waals surface area contributed by atoms with Gasteiger partial charge in [0.25, 0.3) is 0 Å². The minimum Gasteiger partial charge on any atom is -0.481 e. The molecule has 204 valence electrons. The van der Waals surface area contributed by atoms with Gasteiger partial charge >= 0.3 is 11.9 Å². The van der Waals surface area contributed by atoms with E-state index in [1.165, 1.54) is 0 Å². The first-order valence-corrected chi connectivity index (χ1v) is 12.2. The zero-order valence-corrected chi connectivity index (χ0v) is 21.7. The number of carbonyl (C=O) groups excluding carboxylic acids is 2. The van der Waals surface area contributed by atoms with Crippen LogP contribution < -0.4 is 31.9 Å². The van der Waals surface area contributed by atoms with Gasteiger partial charge in [-0.1, -0.05) is 0 Å². The lowest BCUT2D eigenvalue weighted by molar-refractivity contribution is -0.138. The number of hydrogen-bond donors (Lipinski definition) is 8. The lowest BCUT2D eigenvalue weighted by Crippen LogP contribution is -2.44. The van der Waals surface area contributed by atoms with Gasteiger partial charge in [0, 0.05) is 69.6 Å². The summed E-state index contributed by atoms with van der Waals surface area (Å²) >= 11 is 0. The first-order valence-electron chi connectivity index (χ1n) is 12.2. The molecule has 0 aromatic carbocycles. The Morgan fingerprint density at radius 1 is 0.571 bits per heavy atom. The molecule has 0 unspecified atom stereocenters. The number of hydrogen-bond acceptors (Lipinski definition) is 8. The van der Waals surface area contributed by atoms with Crippen LogP contribution in [0, 0.1) is 0 Å². The standard InChI is InChI=1S/C23H46N6O6/c1-22(2,28-16-14-25-12-8-21(34)35)9-5-18(30)26-17-27-19(31)7-11-24-13-15-29-23(3,4)10-6-20(32)33/h24-25,28-29H,5-17H2,1-4H3,(H,26,30)(H,27,31)(H,32,33)(H,34,35). The molecule has 0 aliphatic rings. The van der Waals surface area contributed by atoms with Crippen LogP contribution in [-0.2, 0) is 19.2 Å². The Bertz CT molecular complexity index is 656. The molecule has 0 aromatic heterocycles. The molecular weight excluding hydrogens is 456 g/mol. The van der Waals surface area contributed by atoms with Crippen molar-refractivity contribution in [2.75, 3.05) is 45.9 Å². The zero-order valence-electron chi connectivity index (χ0n) is 21.7. The Kier molecular flexibility index (Phi) is 16.9.